The third-order valence-corrected chi connectivity index (χ3v) is 42.9. The van der Waals surface area contributed by atoms with Gasteiger partial charge in [-0.2, -0.15) is 0 Å². The maximum absolute atomic E-state index is 13.0. The molecule has 0 radical (unpaired) electrons. The first kappa shape index (κ1) is 120. The van der Waals surface area contributed by atoms with Crippen LogP contribution in [0.2, 0.25) is 0 Å². The highest BCUT2D eigenvalue weighted by molar-refractivity contribution is 5.44. The summed E-state index contributed by atoms with van der Waals surface area (Å²) in [5.41, 5.74) is 12.4. The van der Waals surface area contributed by atoms with E-state index in [9.17, 15) is 17.6 Å². The smallest absolute Gasteiger partial charge is 0.207 e. The molecule has 0 atom stereocenters. The Labute approximate surface area is 876 Å². The Kier molecular flexibility index (Phi) is 45.8. The summed E-state index contributed by atoms with van der Waals surface area (Å²) in [7, 11) is 0. The largest absolute Gasteiger partial charge is 0.250 e. The van der Waals surface area contributed by atoms with E-state index in [1.807, 2.05) is 13.8 Å². The van der Waals surface area contributed by atoms with Gasteiger partial charge in [0.25, 0.3) is 11.8 Å². The van der Waals surface area contributed by atoms with Gasteiger partial charge in [0.05, 0.1) is 0 Å². The molecule has 6 aromatic rings. The Morgan fingerprint density at radius 2 is 0.348 bits per heavy atom. The minimum Gasteiger partial charge on any atom is -0.207 e. The number of halogens is 4. The molecule has 15 rings (SSSR count). The van der Waals surface area contributed by atoms with Crippen LogP contribution in [0.15, 0.2) is 182 Å². The third-order valence-electron chi connectivity index (χ3n) is 42.9. The van der Waals surface area contributed by atoms with E-state index in [1.165, 1.54) is 271 Å². The van der Waals surface area contributed by atoms with E-state index >= 15 is 0 Å². The molecule has 9 fully saturated rings. The summed E-state index contributed by atoms with van der Waals surface area (Å²) < 4.78 is 74.9. The molecule has 0 aliphatic heterocycles. The van der Waals surface area contributed by atoms with Crippen LogP contribution in [0, 0.1) is 81.2 Å². The molecule has 0 aromatic heterocycles. The molecule has 0 bridgehead atoms. The molecule has 9 saturated carbocycles. The highest BCUT2D eigenvalue weighted by Crippen LogP contribution is 2.61. The van der Waals surface area contributed by atoms with Crippen molar-refractivity contribution >= 4 is 0 Å². The molecular weight excluding hydrogens is 1720 g/mol. The highest BCUT2D eigenvalue weighted by Gasteiger charge is 2.53. The van der Waals surface area contributed by atoms with Gasteiger partial charge in [0, 0.05) is 31.2 Å². The lowest BCUT2D eigenvalue weighted by atomic mass is 9.54. The van der Waals surface area contributed by atoms with Crippen LogP contribution in [0.25, 0.3) is 0 Å². The number of benzene rings is 6. The van der Waals surface area contributed by atoms with Gasteiger partial charge in [-0.15, -0.1) is 0 Å². The fourth-order valence-electron chi connectivity index (χ4n) is 26.8. The van der Waals surface area contributed by atoms with Crippen molar-refractivity contribution in [3.63, 3.8) is 0 Å². The molecule has 6 aromatic carbocycles. The first-order chi connectivity index (χ1) is 67.0. The molecular formula is C137H224F4. The zero-order chi connectivity index (χ0) is 108. The Bertz CT molecular complexity index is 4020. The lowest BCUT2D eigenvalue weighted by Gasteiger charge is -2.50. The van der Waals surface area contributed by atoms with Crippen LogP contribution < -0.4 is 0 Å². The Hall–Kier alpha value is -4.96. The van der Waals surface area contributed by atoms with Gasteiger partial charge in [0.1, 0.15) is 0 Å². The number of rotatable bonds is 16. The van der Waals surface area contributed by atoms with Crippen LogP contribution in [-0.4, -0.2) is 11.8 Å². The summed E-state index contributed by atoms with van der Waals surface area (Å²) >= 11 is 0. The summed E-state index contributed by atoms with van der Waals surface area (Å²) in [5, 5.41) is 0. The quantitative estimate of drug-likeness (QED) is 0.0848. The predicted molar refractivity (Wildman–Crippen MR) is 615 cm³/mol. The molecule has 0 heterocycles. The first-order valence-electron chi connectivity index (χ1n) is 60.1. The van der Waals surface area contributed by atoms with E-state index in [0.29, 0.717) is 79.8 Å². The second kappa shape index (κ2) is 54.0. The minimum absolute atomic E-state index is 0.00347. The molecule has 0 N–H and O–H groups in total. The Balaban J connectivity index is 0.000000247. The average molecular weight is 1950 g/mol. The maximum Gasteiger partial charge on any atom is 0.250 e. The number of alkyl halides is 4. The summed E-state index contributed by atoms with van der Waals surface area (Å²) in [4.78, 5) is 0. The van der Waals surface area contributed by atoms with Gasteiger partial charge >= 0.3 is 0 Å². The van der Waals surface area contributed by atoms with Gasteiger partial charge in [-0.3, -0.25) is 0 Å². The van der Waals surface area contributed by atoms with Gasteiger partial charge in [-0.05, 0) is 233 Å². The lowest BCUT2D eigenvalue weighted by molar-refractivity contribution is -0.114. The molecule has 0 unspecified atom stereocenters. The molecule has 9 aliphatic rings. The van der Waals surface area contributed by atoms with E-state index < -0.39 is 34.9 Å². The van der Waals surface area contributed by atoms with Gasteiger partial charge in [-0.25, -0.2) is 17.6 Å². The normalized spacial score (nSPS) is 21.5. The SMILES string of the molecule is CC(C)(C)C(C)(c1ccccc1)c1ccccc1.CC(C)(C)C1(C)CCCCC1.CC(C)(C)C1(C)CCCCC1.CC(F)(F)C1(C)CCCCC1.CC(F)(F)C1(C)CCCCC1.CC1(C(C)(c2ccccc2)c2ccccc2)CCCCC1.CC1(C(C)(c2ccccc2)c2ccccc2)CCCCC1.CCC(C)(CC)C1(C)CCCCC1.CCC(C)(CC)C1(C)CCCCC1.[2H]C([2H])([2H])C(C)(C)C1(C)CCCCC1. The zero-order valence-corrected chi connectivity index (χ0v) is 98.0. The summed E-state index contributed by atoms with van der Waals surface area (Å²) in [5.74, 6) is -4.99. The van der Waals surface area contributed by atoms with Crippen LogP contribution in [0.4, 0.5) is 17.6 Å². The second-order valence-corrected chi connectivity index (χ2v) is 54.4. The molecule has 800 valence electrons. The van der Waals surface area contributed by atoms with Crippen molar-refractivity contribution in [2.45, 2.75) is 564 Å². The van der Waals surface area contributed by atoms with Crippen molar-refractivity contribution in [2.24, 2.45) is 81.2 Å². The van der Waals surface area contributed by atoms with Crippen LogP contribution in [0.5, 0.6) is 0 Å². The van der Waals surface area contributed by atoms with E-state index in [1.54, 1.807) is 13.8 Å². The minimum atomic E-state index is -2.49. The summed E-state index contributed by atoms with van der Waals surface area (Å²) in [6.45, 7) is 67.6. The Morgan fingerprint density at radius 1 is 0.199 bits per heavy atom. The summed E-state index contributed by atoms with van der Waals surface area (Å²) in [6, 6.07) is 66.1. The fraction of sp³-hybridized carbons (Fsp3) is 0.737. The topological polar surface area (TPSA) is 0 Å². The predicted octanol–water partition coefficient (Wildman–Crippen LogP) is 45.8. The molecule has 0 spiro atoms. The zero-order valence-electron chi connectivity index (χ0n) is 101. The monoisotopic (exact) mass is 1950 g/mol. The van der Waals surface area contributed by atoms with Crippen LogP contribution in [0.3, 0.4) is 0 Å². The molecule has 0 saturated heterocycles. The van der Waals surface area contributed by atoms with Crippen LogP contribution >= 0.6 is 0 Å². The number of hydrogen-bond donors (Lipinski definition) is 0. The Morgan fingerprint density at radius 3 is 0.482 bits per heavy atom. The maximum atomic E-state index is 13.0. The van der Waals surface area contributed by atoms with Crippen molar-refractivity contribution in [3.8, 4) is 0 Å². The molecule has 9 aliphatic carbocycles. The number of hydrogen-bond acceptors (Lipinski definition) is 0. The van der Waals surface area contributed by atoms with Gasteiger partial charge in [0.2, 0.25) is 0 Å². The van der Waals surface area contributed by atoms with Crippen molar-refractivity contribution in [2.75, 3.05) is 0 Å². The van der Waals surface area contributed by atoms with E-state index in [2.05, 4.69) is 355 Å². The average Bonchev–Trinajstić information content (AvgIpc) is 0.744. The van der Waals surface area contributed by atoms with E-state index in [0.717, 1.165) is 65.2 Å². The highest BCUT2D eigenvalue weighted by atomic mass is 19.3. The molecule has 4 heteroatoms. The van der Waals surface area contributed by atoms with Crippen LogP contribution in [-0.2, 0) is 16.2 Å². The molecule has 0 nitrogen and oxygen atoms in total. The van der Waals surface area contributed by atoms with Gasteiger partial charge < -0.3 is 0 Å². The molecule has 141 heavy (non-hydrogen) atoms. The third kappa shape index (κ3) is 32.5. The van der Waals surface area contributed by atoms with Gasteiger partial charge in [0.15, 0.2) is 0 Å². The van der Waals surface area contributed by atoms with E-state index in [4.69, 9.17) is 4.11 Å². The van der Waals surface area contributed by atoms with Crippen LogP contribution in [0.1, 0.15) is 574 Å². The van der Waals surface area contributed by atoms with E-state index in [-0.39, 0.29) is 27.1 Å². The summed E-state index contributed by atoms with van der Waals surface area (Å²) in [6.07, 6.45) is 62.8. The van der Waals surface area contributed by atoms with Crippen molar-refractivity contribution < 1.29 is 21.7 Å². The molecule has 0 amide bonds. The first-order valence-corrected chi connectivity index (χ1v) is 58.6. The van der Waals surface area contributed by atoms with Crippen molar-refractivity contribution in [1.29, 1.82) is 0 Å². The van der Waals surface area contributed by atoms with Crippen molar-refractivity contribution in [1.82, 2.24) is 0 Å². The van der Waals surface area contributed by atoms with Gasteiger partial charge in [-0.1, -0.05) is 589 Å². The lowest BCUT2D eigenvalue weighted by Crippen LogP contribution is -2.43. The van der Waals surface area contributed by atoms with Crippen molar-refractivity contribution in [3.05, 3.63) is 215 Å². The fourth-order valence-corrected chi connectivity index (χ4v) is 26.8. The second-order valence-electron chi connectivity index (χ2n) is 54.4. The standard InChI is InChI=1S/2C21H26.C18H22.2C13H26.3C11H22.2C9H16F2/c2*1-20(16-10-5-11-17-20)21(2,18-12-6-3-7-13-18)19-14-8-4-9-15-19;1-17(2,3)18(4,15-11-7-5-8-12-15)16-13-9-6-10-14-16;2*1-5-12(3,6-2)13(4)10-8-7-9-11-13;3*1-10(2,3)11(4)8-6-5-7-9-11;2*1-8(9(2,10)11)6-4-3-5-7-8/h2*3-4,6-9,12-15H,5,10-11,16-17H2,1-2H3;5-14H,1-4H3;2*5-11H2,1-4H3;3*5-9H2,1-4H3;2*3-7H2,1-2H3/i;;;;;1D3;;;;.